The molecule has 0 bridgehead atoms. The minimum atomic E-state index is 0. The monoisotopic (exact) mass is 543 g/mol. The molecule has 1 aromatic heterocycles. The van der Waals surface area contributed by atoms with E-state index in [2.05, 4.69) is 34.9 Å². The third-order valence-corrected chi connectivity index (χ3v) is 4.94. The van der Waals surface area contributed by atoms with E-state index >= 15 is 0 Å². The first-order valence-electron chi connectivity index (χ1n) is 10.6. The van der Waals surface area contributed by atoms with Crippen LogP contribution in [-0.2, 0) is 33.8 Å². The number of hydrogen-bond acceptors (Lipinski definition) is 5. The fourth-order valence-corrected chi connectivity index (χ4v) is 3.17. The van der Waals surface area contributed by atoms with Gasteiger partial charge in [0.25, 0.3) is 0 Å². The summed E-state index contributed by atoms with van der Waals surface area (Å²) in [7, 11) is 1.69. The third-order valence-electron chi connectivity index (χ3n) is 4.94. The van der Waals surface area contributed by atoms with Gasteiger partial charge in [0.05, 0.1) is 32.1 Å². The summed E-state index contributed by atoms with van der Waals surface area (Å²) in [5, 5.41) is 6.64. The summed E-state index contributed by atoms with van der Waals surface area (Å²) in [5.74, 6) is 1.72. The number of methoxy groups -OCH3 is 1. The van der Waals surface area contributed by atoms with E-state index in [1.54, 1.807) is 13.4 Å². The molecule has 0 unspecified atom stereocenters. The Labute approximate surface area is 202 Å². The standard InChI is InChI=1S/C23H33N3O4.HI/c1-27-16-12-25-23(24-11-8-21-3-2-13-29-21)26-17-19-4-6-20(7-5-19)18-30-22-9-14-28-15-10-22;/h2-7,13,22H,8-12,14-18H2,1H3,(H2,24,25,26);1H. The van der Waals surface area contributed by atoms with E-state index in [1.807, 2.05) is 12.1 Å². The van der Waals surface area contributed by atoms with Crippen molar-refractivity contribution in [2.45, 2.75) is 38.5 Å². The van der Waals surface area contributed by atoms with Crippen molar-refractivity contribution in [3.05, 3.63) is 59.5 Å². The summed E-state index contributed by atoms with van der Waals surface area (Å²) >= 11 is 0. The van der Waals surface area contributed by atoms with Crippen molar-refractivity contribution in [1.82, 2.24) is 10.6 Å². The number of ether oxygens (including phenoxy) is 3. The van der Waals surface area contributed by atoms with Crippen LogP contribution in [0, 0.1) is 0 Å². The second kappa shape index (κ2) is 15.2. The summed E-state index contributed by atoms with van der Waals surface area (Å²) < 4.78 is 21.9. The Balaban J connectivity index is 0.00000341. The first-order chi connectivity index (χ1) is 14.8. The molecule has 2 N–H and O–H groups in total. The molecule has 0 radical (unpaired) electrons. The Morgan fingerprint density at radius 2 is 1.81 bits per heavy atom. The van der Waals surface area contributed by atoms with Crippen LogP contribution in [0.4, 0.5) is 0 Å². The predicted molar refractivity (Wildman–Crippen MR) is 132 cm³/mol. The van der Waals surface area contributed by atoms with E-state index in [9.17, 15) is 0 Å². The lowest BCUT2D eigenvalue weighted by Gasteiger charge is -2.22. The van der Waals surface area contributed by atoms with Gasteiger partial charge in [0.1, 0.15) is 5.76 Å². The normalized spacial score (nSPS) is 14.8. The summed E-state index contributed by atoms with van der Waals surface area (Å²) in [6.07, 6.45) is 4.78. The number of nitrogens with one attached hydrogen (secondary N) is 2. The number of halogens is 1. The summed E-state index contributed by atoms with van der Waals surface area (Å²) in [5.41, 5.74) is 2.34. The van der Waals surface area contributed by atoms with Crippen LogP contribution in [0.1, 0.15) is 29.7 Å². The molecule has 1 saturated heterocycles. The van der Waals surface area contributed by atoms with Crippen molar-refractivity contribution in [2.24, 2.45) is 4.99 Å². The molecule has 1 aliphatic rings. The SMILES string of the molecule is COCCNC(=NCc1ccc(COC2CCOCC2)cc1)NCCc1ccco1.I. The van der Waals surface area contributed by atoms with Crippen molar-refractivity contribution in [3.63, 3.8) is 0 Å². The Morgan fingerprint density at radius 3 is 2.52 bits per heavy atom. The van der Waals surface area contributed by atoms with Crippen LogP contribution in [0.5, 0.6) is 0 Å². The Hall–Kier alpha value is -1.62. The third kappa shape index (κ3) is 10.0. The van der Waals surface area contributed by atoms with Crippen LogP contribution in [0.2, 0.25) is 0 Å². The summed E-state index contributed by atoms with van der Waals surface area (Å²) in [4.78, 5) is 4.70. The van der Waals surface area contributed by atoms with E-state index in [-0.39, 0.29) is 24.0 Å². The minimum Gasteiger partial charge on any atom is -0.469 e. The number of furan rings is 1. The molecule has 8 heteroatoms. The van der Waals surface area contributed by atoms with Crippen LogP contribution in [0.3, 0.4) is 0 Å². The van der Waals surface area contributed by atoms with Gasteiger partial charge in [-0.25, -0.2) is 4.99 Å². The second-order valence-corrected chi connectivity index (χ2v) is 7.28. The topological polar surface area (TPSA) is 77.2 Å². The maximum absolute atomic E-state index is 5.99. The summed E-state index contributed by atoms with van der Waals surface area (Å²) in [6, 6.07) is 12.3. The van der Waals surface area contributed by atoms with Crippen LogP contribution < -0.4 is 10.6 Å². The zero-order chi connectivity index (χ0) is 20.9. The molecule has 1 fully saturated rings. The van der Waals surface area contributed by atoms with Crippen LogP contribution in [0.25, 0.3) is 0 Å². The van der Waals surface area contributed by atoms with E-state index in [0.717, 1.165) is 56.3 Å². The number of rotatable bonds is 11. The maximum Gasteiger partial charge on any atom is 0.191 e. The van der Waals surface area contributed by atoms with Crippen LogP contribution in [-0.4, -0.2) is 52.1 Å². The average molecular weight is 543 g/mol. The molecule has 0 saturated carbocycles. The molecule has 3 rings (SSSR count). The smallest absolute Gasteiger partial charge is 0.191 e. The molecule has 31 heavy (non-hydrogen) atoms. The molecule has 172 valence electrons. The average Bonchev–Trinajstić information content (AvgIpc) is 3.31. The molecule has 1 aliphatic heterocycles. The zero-order valence-corrected chi connectivity index (χ0v) is 20.5. The molecular weight excluding hydrogens is 509 g/mol. The molecule has 7 nitrogen and oxygen atoms in total. The van der Waals surface area contributed by atoms with Gasteiger partial charge in [-0.1, -0.05) is 24.3 Å². The van der Waals surface area contributed by atoms with Crippen LogP contribution in [0.15, 0.2) is 52.1 Å². The molecule has 1 aromatic carbocycles. The molecule has 2 aromatic rings. The van der Waals surface area contributed by atoms with Crippen molar-refractivity contribution < 1.29 is 18.6 Å². The Kier molecular flexibility index (Phi) is 12.6. The van der Waals surface area contributed by atoms with Gasteiger partial charge < -0.3 is 29.3 Å². The minimum absolute atomic E-state index is 0. The van der Waals surface area contributed by atoms with E-state index < -0.39 is 0 Å². The quantitative estimate of drug-likeness (QED) is 0.196. The number of guanidine groups is 1. The Bertz CT molecular complexity index is 732. The summed E-state index contributed by atoms with van der Waals surface area (Å²) in [6.45, 7) is 4.92. The van der Waals surface area contributed by atoms with Gasteiger partial charge in [-0.15, -0.1) is 24.0 Å². The number of benzene rings is 1. The predicted octanol–water partition coefficient (Wildman–Crippen LogP) is 3.52. The highest BCUT2D eigenvalue weighted by molar-refractivity contribution is 14.0. The van der Waals surface area contributed by atoms with Crippen LogP contribution >= 0.6 is 24.0 Å². The highest BCUT2D eigenvalue weighted by atomic mass is 127. The van der Waals surface area contributed by atoms with E-state index in [1.165, 1.54) is 5.56 Å². The second-order valence-electron chi connectivity index (χ2n) is 7.28. The molecule has 0 atom stereocenters. The molecule has 2 heterocycles. The van der Waals surface area contributed by atoms with Gasteiger partial charge in [0.15, 0.2) is 5.96 Å². The number of nitrogens with zero attached hydrogens (tertiary/aromatic N) is 1. The van der Waals surface area contributed by atoms with E-state index in [4.69, 9.17) is 23.6 Å². The van der Waals surface area contributed by atoms with Crippen molar-refractivity contribution in [3.8, 4) is 0 Å². The molecule has 0 spiro atoms. The number of hydrogen-bond donors (Lipinski definition) is 2. The lowest BCUT2D eigenvalue weighted by atomic mass is 10.1. The first-order valence-corrected chi connectivity index (χ1v) is 10.6. The van der Waals surface area contributed by atoms with Crippen molar-refractivity contribution >= 4 is 29.9 Å². The highest BCUT2D eigenvalue weighted by Gasteiger charge is 2.13. The van der Waals surface area contributed by atoms with Crippen molar-refractivity contribution in [2.75, 3.05) is 40.0 Å². The number of aliphatic imine (C=N–C) groups is 1. The van der Waals surface area contributed by atoms with Gasteiger partial charge >= 0.3 is 0 Å². The van der Waals surface area contributed by atoms with Gasteiger partial charge in [-0.3, -0.25) is 0 Å². The fraction of sp³-hybridized carbons (Fsp3) is 0.522. The van der Waals surface area contributed by atoms with Gasteiger partial charge in [-0.2, -0.15) is 0 Å². The van der Waals surface area contributed by atoms with Gasteiger partial charge in [0, 0.05) is 39.8 Å². The van der Waals surface area contributed by atoms with Gasteiger partial charge in [-0.05, 0) is 36.1 Å². The highest BCUT2D eigenvalue weighted by Crippen LogP contribution is 2.14. The molecule has 0 aliphatic carbocycles. The maximum atomic E-state index is 5.99. The van der Waals surface area contributed by atoms with E-state index in [0.29, 0.717) is 32.4 Å². The largest absolute Gasteiger partial charge is 0.469 e. The van der Waals surface area contributed by atoms with Gasteiger partial charge in [0.2, 0.25) is 0 Å². The first kappa shape index (κ1) is 25.6. The lowest BCUT2D eigenvalue weighted by molar-refractivity contribution is -0.0390. The van der Waals surface area contributed by atoms with Crippen molar-refractivity contribution in [1.29, 1.82) is 0 Å². The fourth-order valence-electron chi connectivity index (χ4n) is 3.17. The Morgan fingerprint density at radius 1 is 1.06 bits per heavy atom. The molecule has 0 amide bonds. The lowest BCUT2D eigenvalue weighted by Crippen LogP contribution is -2.40. The zero-order valence-electron chi connectivity index (χ0n) is 18.2. The molecular formula is C23H34IN3O4.